The van der Waals surface area contributed by atoms with Crippen LogP contribution in [0.5, 0.6) is 0 Å². The van der Waals surface area contributed by atoms with Crippen molar-refractivity contribution in [2.75, 3.05) is 0 Å². The summed E-state index contributed by atoms with van der Waals surface area (Å²) >= 11 is -4.34. The van der Waals surface area contributed by atoms with Gasteiger partial charge in [0.05, 0.1) is 0 Å². The molecule has 102 valence electrons. The van der Waals surface area contributed by atoms with Crippen molar-refractivity contribution in [2.24, 2.45) is 5.92 Å². The van der Waals surface area contributed by atoms with Crippen LogP contribution in [0, 0.1) is 9.49 Å². The first-order chi connectivity index (χ1) is 8.95. The van der Waals surface area contributed by atoms with Gasteiger partial charge in [-0.2, -0.15) is 0 Å². The molecule has 5 nitrogen and oxygen atoms in total. The predicted octanol–water partition coefficient (Wildman–Crippen LogP) is 2.50. The van der Waals surface area contributed by atoms with Gasteiger partial charge >= 0.3 is 115 Å². The monoisotopic (exact) mass is 375 g/mol. The van der Waals surface area contributed by atoms with E-state index in [1.807, 2.05) is 13.8 Å². The molecular weight excluding hydrogens is 361 g/mol. The molecular formula is C13H14INO4. The Balaban J connectivity index is 2.11. The zero-order valence-corrected chi connectivity index (χ0v) is 12.8. The van der Waals surface area contributed by atoms with Crippen LogP contribution in [0.2, 0.25) is 0 Å². The van der Waals surface area contributed by atoms with Crippen molar-refractivity contribution in [3.8, 4) is 0 Å². The van der Waals surface area contributed by atoms with E-state index in [4.69, 9.17) is 3.07 Å². The molecule has 2 aliphatic rings. The Morgan fingerprint density at radius 3 is 2.68 bits per heavy atom. The summed E-state index contributed by atoms with van der Waals surface area (Å²) in [5.41, 5.74) is 0.412. The summed E-state index contributed by atoms with van der Waals surface area (Å²) in [5.74, 6) is -0.640. The Bertz CT molecular complexity index is 625. The molecule has 0 saturated carbocycles. The first-order valence-electron chi connectivity index (χ1n) is 6.10. The first-order valence-corrected chi connectivity index (χ1v) is 9.90. The van der Waals surface area contributed by atoms with Gasteiger partial charge in [-0.1, -0.05) is 0 Å². The molecule has 1 unspecified atom stereocenters. The summed E-state index contributed by atoms with van der Waals surface area (Å²) < 4.78 is 19.8. The van der Waals surface area contributed by atoms with E-state index < -0.39 is 31.1 Å². The number of hydrogen-bond acceptors (Lipinski definition) is 4. The van der Waals surface area contributed by atoms with Crippen LogP contribution in [0.1, 0.15) is 30.6 Å². The Hall–Kier alpha value is -1.31. The molecule has 1 saturated heterocycles. The summed E-state index contributed by atoms with van der Waals surface area (Å²) in [6.45, 7) is 3.91. The zero-order valence-electron chi connectivity index (χ0n) is 10.6. The van der Waals surface area contributed by atoms with Crippen LogP contribution < -0.4 is 0 Å². The van der Waals surface area contributed by atoms with Gasteiger partial charge in [0.2, 0.25) is 0 Å². The van der Waals surface area contributed by atoms with E-state index >= 15 is 0 Å². The summed E-state index contributed by atoms with van der Waals surface area (Å²) in [4.78, 5) is 24.3. The van der Waals surface area contributed by atoms with Crippen LogP contribution in [0.25, 0.3) is 0 Å². The van der Waals surface area contributed by atoms with Gasteiger partial charge in [0, 0.05) is 0 Å². The van der Waals surface area contributed by atoms with Crippen LogP contribution in [0.15, 0.2) is 24.3 Å². The molecule has 2 heterocycles. The third kappa shape index (κ3) is 1.65. The molecule has 0 aliphatic carbocycles. The number of nitrogens with zero attached hydrogens (tertiary/aromatic N) is 1. The van der Waals surface area contributed by atoms with Gasteiger partial charge < -0.3 is 0 Å². The average molecular weight is 375 g/mol. The van der Waals surface area contributed by atoms with Crippen molar-refractivity contribution in [1.82, 2.24) is 3.11 Å². The van der Waals surface area contributed by atoms with Gasteiger partial charge in [-0.15, -0.1) is 0 Å². The fraction of sp³-hybridized carbons (Fsp3) is 0.385. The van der Waals surface area contributed by atoms with Crippen LogP contribution in [-0.2, 0) is 10.9 Å². The number of halogens is 1. The minimum absolute atomic E-state index is 0.220. The third-order valence-electron chi connectivity index (χ3n) is 3.22. The summed E-state index contributed by atoms with van der Waals surface area (Å²) in [5, 5.41) is 0. The van der Waals surface area contributed by atoms with Crippen molar-refractivity contribution in [3.63, 3.8) is 0 Å². The number of carbonyl (C=O) groups excluding carboxylic acids is 2. The number of amides is 1. The van der Waals surface area contributed by atoms with E-state index in [1.54, 1.807) is 24.3 Å². The molecule has 0 radical (unpaired) electrons. The van der Waals surface area contributed by atoms with Crippen molar-refractivity contribution in [3.05, 3.63) is 33.4 Å². The predicted molar refractivity (Wildman–Crippen MR) is 75.4 cm³/mol. The van der Waals surface area contributed by atoms with Gasteiger partial charge in [0.1, 0.15) is 0 Å². The molecule has 0 aromatic heterocycles. The summed E-state index contributed by atoms with van der Waals surface area (Å²) in [7, 11) is 0. The van der Waals surface area contributed by atoms with E-state index in [0.717, 1.165) is 0 Å². The van der Waals surface area contributed by atoms with E-state index in [-0.39, 0.29) is 11.8 Å². The number of carbonyl (C=O) groups is 2. The SMILES string of the molecule is CC(C)C[C@H]1C(=O)OI2(=O)c3ccccc3C(=O)N12. The Morgan fingerprint density at radius 1 is 1.32 bits per heavy atom. The molecule has 1 amide bonds. The number of benzene rings is 1. The van der Waals surface area contributed by atoms with E-state index in [9.17, 15) is 12.7 Å². The molecule has 2 aliphatic heterocycles. The third-order valence-corrected chi connectivity index (χ3v) is 9.14. The molecule has 3 rings (SSSR count). The summed E-state index contributed by atoms with van der Waals surface area (Å²) in [6, 6.07) is 6.00. The molecule has 0 spiro atoms. The quantitative estimate of drug-likeness (QED) is 0.589. The standard InChI is InChI=1S/C13H14INO4/c1-8(2)7-11-13(17)19-14(18)10-6-4-3-5-9(10)12(16)15(11)14/h3-6,8,11H,7H2,1-2H3/t11-/m0/s1. The Labute approximate surface area is 115 Å². The Morgan fingerprint density at radius 2 is 2.00 bits per heavy atom. The van der Waals surface area contributed by atoms with Gasteiger partial charge in [-0.3, -0.25) is 0 Å². The van der Waals surface area contributed by atoms with Crippen molar-refractivity contribution >= 4 is 31.0 Å². The maximum atomic E-state index is 12.9. The molecule has 1 aromatic carbocycles. The van der Waals surface area contributed by atoms with Crippen LogP contribution in [0.3, 0.4) is 0 Å². The second-order valence-electron chi connectivity index (χ2n) is 5.08. The molecule has 0 N–H and O–H groups in total. The van der Waals surface area contributed by atoms with E-state index in [1.165, 1.54) is 3.11 Å². The van der Waals surface area contributed by atoms with Gasteiger partial charge in [-0.05, 0) is 0 Å². The zero-order chi connectivity index (χ0) is 13.8. The molecule has 2 atom stereocenters. The normalized spacial score (nSPS) is 31.9. The van der Waals surface area contributed by atoms with Crippen LogP contribution in [-0.4, -0.2) is 21.0 Å². The maximum absolute atomic E-state index is 12.9. The van der Waals surface area contributed by atoms with E-state index in [0.29, 0.717) is 15.6 Å². The van der Waals surface area contributed by atoms with Crippen molar-refractivity contribution in [2.45, 2.75) is 26.3 Å². The second-order valence-corrected chi connectivity index (χ2v) is 10.2. The van der Waals surface area contributed by atoms with Gasteiger partial charge in [-0.25, -0.2) is 0 Å². The fourth-order valence-corrected chi connectivity index (χ4v) is 8.29. The Kier molecular flexibility index (Phi) is 2.74. The van der Waals surface area contributed by atoms with Crippen LogP contribution in [0.4, 0.5) is 0 Å². The molecule has 6 heteroatoms. The topological polar surface area (TPSA) is 63.7 Å². The fourth-order valence-electron chi connectivity index (χ4n) is 2.41. The summed E-state index contributed by atoms with van der Waals surface area (Å²) in [6.07, 6.45) is 0.478. The molecule has 1 aromatic rings. The minimum atomic E-state index is -4.34. The van der Waals surface area contributed by atoms with Crippen molar-refractivity contribution < 1.29 is 15.7 Å². The van der Waals surface area contributed by atoms with E-state index in [2.05, 4.69) is 0 Å². The van der Waals surface area contributed by atoms with Gasteiger partial charge in [0.15, 0.2) is 0 Å². The number of hydrogen-bond donors (Lipinski definition) is 0. The molecule has 0 bridgehead atoms. The molecule has 1 fully saturated rings. The number of rotatable bonds is 2. The van der Waals surface area contributed by atoms with Crippen molar-refractivity contribution in [1.29, 1.82) is 0 Å². The average Bonchev–Trinajstić information content (AvgIpc) is 2.72. The second kappa shape index (κ2) is 4.09. The van der Waals surface area contributed by atoms with Crippen LogP contribution >= 0.6 is 19.1 Å². The molecule has 19 heavy (non-hydrogen) atoms. The number of fused-ring (bicyclic) bond motifs is 3. The first kappa shape index (κ1) is 12.7. The van der Waals surface area contributed by atoms with Gasteiger partial charge in [0.25, 0.3) is 0 Å².